The Morgan fingerprint density at radius 3 is 2.82 bits per heavy atom. The third-order valence-corrected chi connectivity index (χ3v) is 3.27. The smallest absolute Gasteiger partial charge is 0.161 e. The summed E-state index contributed by atoms with van der Waals surface area (Å²) in [6, 6.07) is 2.15. The normalized spacial score (nSPS) is 10.5. The maximum absolute atomic E-state index is 8.95. The van der Waals surface area contributed by atoms with Crippen molar-refractivity contribution in [2.24, 2.45) is 0 Å². The third kappa shape index (κ3) is 3.76. The second kappa shape index (κ2) is 7.36. The summed E-state index contributed by atoms with van der Waals surface area (Å²) >= 11 is 1.65. The van der Waals surface area contributed by atoms with Gasteiger partial charge in [-0.05, 0) is 26.0 Å². The van der Waals surface area contributed by atoms with E-state index < -0.39 is 0 Å². The lowest BCUT2D eigenvalue weighted by Crippen LogP contribution is -2.09. The van der Waals surface area contributed by atoms with Crippen LogP contribution in [0.25, 0.3) is 0 Å². The van der Waals surface area contributed by atoms with Gasteiger partial charge in [-0.15, -0.1) is 0 Å². The number of nitrogens with zero attached hydrogens (tertiary/aromatic N) is 3. The first-order chi connectivity index (χ1) is 8.24. The number of imidazole rings is 1. The van der Waals surface area contributed by atoms with Gasteiger partial charge in [-0.25, -0.2) is 4.98 Å². The van der Waals surface area contributed by atoms with E-state index in [0.717, 1.165) is 43.9 Å². The van der Waals surface area contributed by atoms with Crippen molar-refractivity contribution in [2.45, 2.75) is 39.7 Å². The lowest BCUT2D eigenvalue weighted by Gasteiger charge is -2.08. The van der Waals surface area contributed by atoms with Crippen molar-refractivity contribution in [1.29, 1.82) is 5.26 Å². The zero-order valence-electron chi connectivity index (χ0n) is 10.8. The standard InChI is InChI=1S/C12H20N4S/c1-4-12-15-11(9-13)10(2)16(12)8-6-5-7-14-17-3/h14H,4-8H2,1-3H3. The summed E-state index contributed by atoms with van der Waals surface area (Å²) in [4.78, 5) is 4.34. The van der Waals surface area contributed by atoms with Crippen LogP contribution in [0.5, 0.6) is 0 Å². The van der Waals surface area contributed by atoms with E-state index in [0.29, 0.717) is 5.69 Å². The number of nitriles is 1. The molecule has 0 saturated heterocycles. The zero-order chi connectivity index (χ0) is 12.7. The summed E-state index contributed by atoms with van der Waals surface area (Å²) in [5.74, 6) is 1.02. The van der Waals surface area contributed by atoms with Crippen molar-refractivity contribution < 1.29 is 0 Å². The largest absolute Gasteiger partial charge is 0.331 e. The molecule has 17 heavy (non-hydrogen) atoms. The molecule has 1 aromatic rings. The van der Waals surface area contributed by atoms with Gasteiger partial charge >= 0.3 is 0 Å². The summed E-state index contributed by atoms with van der Waals surface area (Å²) in [7, 11) is 0. The third-order valence-electron chi connectivity index (χ3n) is 2.78. The molecule has 1 aromatic heterocycles. The molecule has 1 N–H and O–H groups in total. The van der Waals surface area contributed by atoms with Crippen LogP contribution in [0.15, 0.2) is 0 Å². The van der Waals surface area contributed by atoms with Crippen LogP contribution < -0.4 is 4.72 Å². The molecule has 94 valence electrons. The molecular weight excluding hydrogens is 232 g/mol. The first-order valence-corrected chi connectivity index (χ1v) is 7.19. The van der Waals surface area contributed by atoms with Gasteiger partial charge in [0.2, 0.25) is 0 Å². The molecule has 1 rings (SSSR count). The van der Waals surface area contributed by atoms with Crippen molar-refractivity contribution in [3.63, 3.8) is 0 Å². The number of nitrogens with one attached hydrogen (secondary N) is 1. The minimum atomic E-state index is 0.573. The molecule has 0 aliphatic heterocycles. The second-order valence-corrected chi connectivity index (χ2v) is 4.58. The first-order valence-electron chi connectivity index (χ1n) is 5.96. The molecule has 1 heterocycles. The average Bonchev–Trinajstić information content (AvgIpc) is 2.65. The van der Waals surface area contributed by atoms with E-state index in [-0.39, 0.29) is 0 Å². The fourth-order valence-electron chi connectivity index (χ4n) is 1.83. The highest BCUT2D eigenvalue weighted by Crippen LogP contribution is 2.12. The highest BCUT2D eigenvalue weighted by molar-refractivity contribution is 7.96. The molecule has 0 fully saturated rings. The highest BCUT2D eigenvalue weighted by Gasteiger charge is 2.11. The summed E-state index contributed by atoms with van der Waals surface area (Å²) < 4.78 is 5.41. The molecule has 0 bridgehead atoms. The van der Waals surface area contributed by atoms with Crippen LogP contribution in [0, 0.1) is 18.3 Å². The Morgan fingerprint density at radius 2 is 2.24 bits per heavy atom. The van der Waals surface area contributed by atoms with Gasteiger partial charge in [-0.1, -0.05) is 18.9 Å². The van der Waals surface area contributed by atoms with Gasteiger partial charge in [0, 0.05) is 19.5 Å². The first kappa shape index (κ1) is 14.1. The van der Waals surface area contributed by atoms with Crippen LogP contribution in [0.2, 0.25) is 0 Å². The topological polar surface area (TPSA) is 53.6 Å². The van der Waals surface area contributed by atoms with Crippen LogP contribution in [0.4, 0.5) is 0 Å². The van der Waals surface area contributed by atoms with E-state index in [1.54, 1.807) is 11.9 Å². The van der Waals surface area contributed by atoms with Gasteiger partial charge in [0.05, 0.1) is 5.69 Å². The van der Waals surface area contributed by atoms with E-state index in [1.165, 1.54) is 0 Å². The zero-order valence-corrected chi connectivity index (χ0v) is 11.6. The maximum Gasteiger partial charge on any atom is 0.161 e. The summed E-state index contributed by atoms with van der Waals surface area (Å²) in [6.07, 6.45) is 5.17. The Hall–Kier alpha value is -0.990. The van der Waals surface area contributed by atoms with Crippen molar-refractivity contribution in [3.8, 4) is 6.07 Å². The summed E-state index contributed by atoms with van der Waals surface area (Å²) in [5, 5.41) is 8.95. The van der Waals surface area contributed by atoms with E-state index in [2.05, 4.69) is 27.3 Å². The molecule has 0 spiro atoms. The Morgan fingerprint density at radius 1 is 1.47 bits per heavy atom. The quantitative estimate of drug-likeness (QED) is 0.597. The monoisotopic (exact) mass is 252 g/mol. The minimum Gasteiger partial charge on any atom is -0.331 e. The van der Waals surface area contributed by atoms with Gasteiger partial charge in [0.25, 0.3) is 0 Å². The molecule has 0 aliphatic carbocycles. The molecule has 4 nitrogen and oxygen atoms in total. The number of hydrogen-bond acceptors (Lipinski definition) is 4. The van der Waals surface area contributed by atoms with Gasteiger partial charge in [0.15, 0.2) is 5.69 Å². The van der Waals surface area contributed by atoms with E-state index in [4.69, 9.17) is 5.26 Å². The second-order valence-electron chi connectivity index (χ2n) is 3.88. The fourth-order valence-corrected chi connectivity index (χ4v) is 2.18. The predicted octanol–water partition coefficient (Wildman–Crippen LogP) is 2.27. The summed E-state index contributed by atoms with van der Waals surface area (Å²) in [6.45, 7) is 6.04. The molecule has 0 aromatic carbocycles. The average molecular weight is 252 g/mol. The number of rotatable bonds is 7. The maximum atomic E-state index is 8.95. The number of aryl methyl sites for hydroxylation is 1. The lowest BCUT2D eigenvalue weighted by molar-refractivity contribution is 0.577. The van der Waals surface area contributed by atoms with Crippen molar-refractivity contribution in [2.75, 3.05) is 12.8 Å². The van der Waals surface area contributed by atoms with Crippen LogP contribution in [0.3, 0.4) is 0 Å². The van der Waals surface area contributed by atoms with Gasteiger partial charge in [-0.2, -0.15) is 5.26 Å². The Bertz CT molecular complexity index is 392. The molecule has 0 atom stereocenters. The van der Waals surface area contributed by atoms with Crippen molar-refractivity contribution in [3.05, 3.63) is 17.2 Å². The highest BCUT2D eigenvalue weighted by atomic mass is 32.2. The Balaban J connectivity index is 2.58. The van der Waals surface area contributed by atoms with Crippen LogP contribution in [0.1, 0.15) is 37.0 Å². The van der Waals surface area contributed by atoms with E-state index >= 15 is 0 Å². The van der Waals surface area contributed by atoms with Gasteiger partial charge in [-0.3, -0.25) is 4.72 Å². The molecule has 5 heteroatoms. The predicted molar refractivity (Wildman–Crippen MR) is 71.8 cm³/mol. The molecule has 0 radical (unpaired) electrons. The van der Waals surface area contributed by atoms with Gasteiger partial charge < -0.3 is 4.57 Å². The Labute approximate surface area is 108 Å². The van der Waals surface area contributed by atoms with Crippen molar-refractivity contribution >= 4 is 11.9 Å². The van der Waals surface area contributed by atoms with Crippen LogP contribution in [-0.2, 0) is 13.0 Å². The van der Waals surface area contributed by atoms with E-state index in [9.17, 15) is 0 Å². The van der Waals surface area contributed by atoms with Crippen molar-refractivity contribution in [1.82, 2.24) is 14.3 Å². The van der Waals surface area contributed by atoms with E-state index in [1.807, 2.05) is 13.2 Å². The minimum absolute atomic E-state index is 0.573. The van der Waals surface area contributed by atoms with Gasteiger partial charge in [0.1, 0.15) is 11.9 Å². The molecule has 0 amide bonds. The van der Waals surface area contributed by atoms with Crippen LogP contribution in [-0.4, -0.2) is 22.4 Å². The Kier molecular flexibility index (Phi) is 6.09. The molecular formula is C12H20N4S. The summed E-state index contributed by atoms with van der Waals surface area (Å²) in [5.41, 5.74) is 1.58. The fraction of sp³-hybridized carbons (Fsp3) is 0.667. The van der Waals surface area contributed by atoms with Crippen LogP contribution >= 0.6 is 11.9 Å². The number of unbranched alkanes of at least 4 members (excludes halogenated alkanes) is 1. The molecule has 0 aliphatic rings. The number of hydrogen-bond donors (Lipinski definition) is 1. The molecule has 0 saturated carbocycles. The SMILES string of the molecule is CCc1nc(C#N)c(C)n1CCCCNSC. The number of aromatic nitrogens is 2. The lowest BCUT2D eigenvalue weighted by atomic mass is 10.3. The molecule has 0 unspecified atom stereocenters.